The summed E-state index contributed by atoms with van der Waals surface area (Å²) in [5.41, 5.74) is 1.00. The topological polar surface area (TPSA) is 55.8 Å². The molecule has 0 aliphatic heterocycles. The van der Waals surface area contributed by atoms with Gasteiger partial charge >= 0.3 is 5.97 Å². The maximum atomic E-state index is 14.2. The molecule has 2 aromatic carbocycles. The van der Waals surface area contributed by atoms with E-state index in [1.807, 2.05) is 18.2 Å². The number of hydrogen-bond donors (Lipinski definition) is 1. The van der Waals surface area contributed by atoms with E-state index in [2.05, 4.69) is 0 Å². The highest BCUT2D eigenvalue weighted by atomic mass is 19.1. The van der Waals surface area contributed by atoms with Gasteiger partial charge in [-0.15, -0.1) is 0 Å². The zero-order valence-corrected chi connectivity index (χ0v) is 14.9. The fraction of sp³-hybridized carbons (Fsp3) is 0.381. The predicted molar refractivity (Wildman–Crippen MR) is 96.0 cm³/mol. The number of halogens is 2. The van der Waals surface area contributed by atoms with Crippen molar-refractivity contribution in [3.8, 4) is 11.5 Å². The number of ether oxygens (including phenoxy) is 2. The third kappa shape index (κ3) is 5.18. The lowest BCUT2D eigenvalue weighted by Crippen LogP contribution is -2.13. The fourth-order valence-corrected chi connectivity index (χ4v) is 3.22. The number of carboxylic acids is 1. The third-order valence-corrected chi connectivity index (χ3v) is 4.63. The Kier molecular flexibility index (Phi) is 6.27. The Morgan fingerprint density at radius 1 is 1.11 bits per heavy atom. The summed E-state index contributed by atoms with van der Waals surface area (Å²) in [4.78, 5) is 10.6. The summed E-state index contributed by atoms with van der Waals surface area (Å²) < 4.78 is 39.8. The molecule has 1 fully saturated rings. The molecule has 144 valence electrons. The van der Waals surface area contributed by atoms with Crippen LogP contribution in [0.2, 0.25) is 0 Å². The Morgan fingerprint density at radius 2 is 1.78 bits per heavy atom. The molecule has 27 heavy (non-hydrogen) atoms. The lowest BCUT2D eigenvalue weighted by Gasteiger charge is -2.17. The van der Waals surface area contributed by atoms with Gasteiger partial charge in [-0.3, -0.25) is 4.79 Å². The number of carbonyl (C=O) groups is 1. The van der Waals surface area contributed by atoms with Crippen LogP contribution in [0.4, 0.5) is 8.78 Å². The van der Waals surface area contributed by atoms with Crippen LogP contribution in [0.15, 0.2) is 36.4 Å². The first-order chi connectivity index (χ1) is 13.0. The SMILES string of the molecule is O=C(O)CCc1cc(F)c(OCc2ccccc2OC2CCCC2)c(F)c1. The second kappa shape index (κ2) is 8.84. The molecule has 0 amide bonds. The molecule has 3 rings (SSSR count). The van der Waals surface area contributed by atoms with Crippen molar-refractivity contribution in [3.63, 3.8) is 0 Å². The van der Waals surface area contributed by atoms with Crippen LogP contribution in [-0.2, 0) is 17.8 Å². The molecule has 0 heterocycles. The summed E-state index contributed by atoms with van der Waals surface area (Å²) in [5.74, 6) is -2.50. The minimum absolute atomic E-state index is 0.0226. The lowest BCUT2D eigenvalue weighted by molar-refractivity contribution is -0.136. The van der Waals surface area contributed by atoms with Crippen LogP contribution in [0.25, 0.3) is 0 Å². The molecule has 6 heteroatoms. The van der Waals surface area contributed by atoms with E-state index in [0.29, 0.717) is 5.75 Å². The quantitative estimate of drug-likeness (QED) is 0.713. The Hall–Kier alpha value is -2.63. The Bertz CT molecular complexity index is 778. The summed E-state index contributed by atoms with van der Waals surface area (Å²) in [5, 5.41) is 8.68. The van der Waals surface area contributed by atoms with E-state index in [1.165, 1.54) is 0 Å². The summed E-state index contributed by atoms with van der Waals surface area (Å²) >= 11 is 0. The molecule has 0 spiro atoms. The van der Waals surface area contributed by atoms with Gasteiger partial charge in [-0.1, -0.05) is 18.2 Å². The number of para-hydroxylation sites is 1. The van der Waals surface area contributed by atoms with Crippen molar-refractivity contribution in [2.24, 2.45) is 0 Å². The van der Waals surface area contributed by atoms with Crippen LogP contribution in [0.3, 0.4) is 0 Å². The van der Waals surface area contributed by atoms with Gasteiger partial charge in [-0.25, -0.2) is 8.78 Å². The molecule has 1 saturated carbocycles. The molecule has 0 aromatic heterocycles. The number of hydrogen-bond acceptors (Lipinski definition) is 3. The van der Waals surface area contributed by atoms with E-state index in [4.69, 9.17) is 14.6 Å². The number of carboxylic acid groups (broad SMARTS) is 1. The largest absolute Gasteiger partial charge is 0.490 e. The molecule has 0 atom stereocenters. The minimum atomic E-state index is -1.02. The highest BCUT2D eigenvalue weighted by Crippen LogP contribution is 2.29. The van der Waals surface area contributed by atoms with Crippen molar-refractivity contribution in [2.45, 2.75) is 51.2 Å². The van der Waals surface area contributed by atoms with Crippen molar-refractivity contribution in [3.05, 3.63) is 59.2 Å². The van der Waals surface area contributed by atoms with Crippen molar-refractivity contribution in [1.82, 2.24) is 0 Å². The molecule has 4 nitrogen and oxygen atoms in total. The highest BCUT2D eigenvalue weighted by molar-refractivity contribution is 5.67. The second-order valence-corrected chi connectivity index (χ2v) is 6.70. The summed E-state index contributed by atoms with van der Waals surface area (Å²) in [6, 6.07) is 9.54. The number of benzene rings is 2. The molecular formula is C21H22F2O4. The van der Waals surface area contributed by atoms with E-state index >= 15 is 0 Å². The maximum Gasteiger partial charge on any atom is 0.303 e. The van der Waals surface area contributed by atoms with Gasteiger partial charge in [-0.2, -0.15) is 0 Å². The fourth-order valence-electron chi connectivity index (χ4n) is 3.22. The monoisotopic (exact) mass is 376 g/mol. The molecule has 1 aliphatic rings. The standard InChI is InChI=1S/C21H22F2O4/c22-17-11-14(9-10-20(24)25)12-18(23)21(17)26-13-15-5-1-4-8-19(15)27-16-6-2-3-7-16/h1,4-5,8,11-12,16H,2-3,6-7,9-10,13H2,(H,24,25). The molecule has 1 N–H and O–H groups in total. The first kappa shape index (κ1) is 19.1. The second-order valence-electron chi connectivity index (χ2n) is 6.70. The molecule has 0 bridgehead atoms. The Morgan fingerprint density at radius 3 is 2.44 bits per heavy atom. The van der Waals surface area contributed by atoms with Crippen molar-refractivity contribution in [1.29, 1.82) is 0 Å². The van der Waals surface area contributed by atoms with Gasteiger partial charge in [-0.05, 0) is 55.9 Å². The summed E-state index contributed by atoms with van der Waals surface area (Å²) in [6.07, 6.45) is 4.36. The Balaban J connectivity index is 1.68. The van der Waals surface area contributed by atoms with E-state index in [-0.39, 0.29) is 31.1 Å². The van der Waals surface area contributed by atoms with Gasteiger partial charge in [0.05, 0.1) is 6.10 Å². The van der Waals surface area contributed by atoms with E-state index < -0.39 is 23.4 Å². The molecule has 0 saturated heterocycles. The third-order valence-electron chi connectivity index (χ3n) is 4.63. The zero-order chi connectivity index (χ0) is 19.2. The van der Waals surface area contributed by atoms with Crippen LogP contribution in [0.5, 0.6) is 11.5 Å². The van der Waals surface area contributed by atoms with Crippen LogP contribution < -0.4 is 9.47 Å². The van der Waals surface area contributed by atoms with Crippen molar-refractivity contribution in [2.75, 3.05) is 0 Å². The zero-order valence-electron chi connectivity index (χ0n) is 14.9. The molecular weight excluding hydrogens is 354 g/mol. The van der Waals surface area contributed by atoms with E-state index in [1.54, 1.807) is 6.07 Å². The Labute approximate surface area is 156 Å². The van der Waals surface area contributed by atoms with Gasteiger partial charge in [0.25, 0.3) is 0 Å². The molecule has 0 unspecified atom stereocenters. The van der Waals surface area contributed by atoms with Gasteiger partial charge in [0.2, 0.25) is 0 Å². The summed E-state index contributed by atoms with van der Waals surface area (Å²) in [7, 11) is 0. The normalized spacial score (nSPS) is 14.3. The van der Waals surface area contributed by atoms with E-state index in [0.717, 1.165) is 43.4 Å². The molecule has 0 radical (unpaired) electrons. The predicted octanol–water partition coefficient (Wildman–Crippen LogP) is 4.88. The van der Waals surface area contributed by atoms with Crippen LogP contribution in [0.1, 0.15) is 43.2 Å². The first-order valence-electron chi connectivity index (χ1n) is 9.10. The number of rotatable bonds is 8. The van der Waals surface area contributed by atoms with Crippen LogP contribution >= 0.6 is 0 Å². The average molecular weight is 376 g/mol. The van der Waals surface area contributed by atoms with Gasteiger partial charge in [0.15, 0.2) is 17.4 Å². The number of aryl methyl sites for hydroxylation is 1. The van der Waals surface area contributed by atoms with Gasteiger partial charge in [0.1, 0.15) is 12.4 Å². The highest BCUT2D eigenvalue weighted by Gasteiger charge is 2.19. The maximum absolute atomic E-state index is 14.2. The average Bonchev–Trinajstić information content (AvgIpc) is 3.13. The molecule has 1 aliphatic carbocycles. The van der Waals surface area contributed by atoms with Gasteiger partial charge in [0, 0.05) is 12.0 Å². The van der Waals surface area contributed by atoms with Crippen molar-refractivity contribution < 1.29 is 28.2 Å². The number of aliphatic carboxylic acids is 1. The summed E-state index contributed by atoms with van der Waals surface area (Å²) in [6.45, 7) is -0.0226. The van der Waals surface area contributed by atoms with Crippen molar-refractivity contribution >= 4 is 5.97 Å². The first-order valence-corrected chi connectivity index (χ1v) is 9.10. The van der Waals surface area contributed by atoms with Crippen LogP contribution in [-0.4, -0.2) is 17.2 Å². The minimum Gasteiger partial charge on any atom is -0.490 e. The lowest BCUT2D eigenvalue weighted by atomic mass is 10.1. The molecule has 2 aromatic rings. The van der Waals surface area contributed by atoms with E-state index in [9.17, 15) is 13.6 Å². The van der Waals surface area contributed by atoms with Gasteiger partial charge < -0.3 is 14.6 Å². The smallest absolute Gasteiger partial charge is 0.303 e. The van der Waals surface area contributed by atoms with Crippen LogP contribution in [0, 0.1) is 11.6 Å².